The Balaban J connectivity index is 2.58. The Morgan fingerprint density at radius 2 is 1.07 bits per heavy atom. The zero-order chi connectivity index (χ0) is 20.0. The molecule has 0 N–H and O–H groups in total. The van der Waals surface area contributed by atoms with E-state index in [-0.39, 0.29) is 5.92 Å². The van der Waals surface area contributed by atoms with E-state index in [2.05, 4.69) is 97.9 Å². The van der Waals surface area contributed by atoms with Gasteiger partial charge in [-0.2, -0.15) is 0 Å². The molecule has 0 spiro atoms. The number of hydrogen-bond donors (Lipinski definition) is 0. The minimum absolute atomic E-state index is 0.0166. The van der Waals surface area contributed by atoms with E-state index in [9.17, 15) is 4.79 Å². The molecule has 0 aliphatic rings. The molecule has 0 bridgehead atoms. The van der Waals surface area contributed by atoms with E-state index in [0.717, 1.165) is 18.1 Å². The molecule has 0 atom stereocenters. The quantitative estimate of drug-likeness (QED) is 0.510. The molecule has 0 radical (unpaired) electrons. The molecule has 3 aromatic carbocycles. The summed E-state index contributed by atoms with van der Waals surface area (Å²) in [4.78, 5) is 13.6. The molecule has 0 saturated carbocycles. The maximum atomic E-state index is 13.6. The molecule has 0 aromatic heterocycles. The summed E-state index contributed by atoms with van der Waals surface area (Å²) in [6.45, 7) is 3.99. The number of rotatable bonds is 7. The summed E-state index contributed by atoms with van der Waals surface area (Å²) < 4.78 is 0. The van der Waals surface area contributed by atoms with Gasteiger partial charge in [0.25, 0.3) is 0 Å². The van der Waals surface area contributed by atoms with Gasteiger partial charge in [0.15, 0.2) is 5.78 Å². The summed E-state index contributed by atoms with van der Waals surface area (Å²) in [5.74, 6) is 0.281. The third-order valence-electron chi connectivity index (χ3n) is 5.13. The Morgan fingerprint density at radius 1 is 0.714 bits per heavy atom. The lowest BCUT2D eigenvalue weighted by molar-refractivity contribution is -0.115. The van der Waals surface area contributed by atoms with Gasteiger partial charge in [0.05, 0.1) is 0 Å². The van der Waals surface area contributed by atoms with E-state index in [1.807, 2.05) is 13.8 Å². The van der Waals surface area contributed by atoms with Crippen LogP contribution in [-0.2, 0) is 4.79 Å². The molecule has 0 fully saturated rings. The van der Waals surface area contributed by atoms with E-state index in [1.54, 1.807) is 0 Å². The topological polar surface area (TPSA) is 17.1 Å². The third-order valence-corrected chi connectivity index (χ3v) is 9.60. The third kappa shape index (κ3) is 3.77. The Labute approximate surface area is 169 Å². The number of benzene rings is 3. The van der Waals surface area contributed by atoms with Crippen LogP contribution in [0.15, 0.2) is 91.0 Å². The molecule has 28 heavy (non-hydrogen) atoms. The fraction of sp³-hybridized carbons (Fsp3) is 0.231. The first kappa shape index (κ1) is 20.4. The van der Waals surface area contributed by atoms with Crippen molar-refractivity contribution >= 4 is 33.9 Å². The van der Waals surface area contributed by atoms with E-state index < -0.39 is 6.89 Å². The zero-order valence-corrected chi connectivity index (χ0v) is 17.9. The van der Waals surface area contributed by atoms with Crippen LogP contribution >= 0.6 is 6.89 Å². The van der Waals surface area contributed by atoms with Crippen molar-refractivity contribution < 1.29 is 4.79 Å². The second-order valence-corrected chi connectivity index (χ2v) is 10.8. The molecular formula is C26H29OP. The number of carbonyl (C=O) groups is 1. The lowest BCUT2D eigenvalue weighted by Gasteiger charge is -2.33. The Bertz CT molecular complexity index is 854. The Hall–Kier alpha value is -2.37. The smallest absolute Gasteiger partial charge is 0.162 e. The molecular weight excluding hydrogens is 359 g/mol. The van der Waals surface area contributed by atoms with Gasteiger partial charge in [-0.25, -0.2) is 0 Å². The molecule has 0 aliphatic carbocycles. The molecule has 0 aliphatic heterocycles. The monoisotopic (exact) mass is 388 g/mol. The van der Waals surface area contributed by atoms with Gasteiger partial charge in [0, 0.05) is 11.2 Å². The highest BCUT2D eigenvalue weighted by Crippen LogP contribution is 2.47. The maximum absolute atomic E-state index is 13.6. The molecule has 0 amide bonds. The van der Waals surface area contributed by atoms with Gasteiger partial charge in [-0.05, 0) is 29.2 Å². The van der Waals surface area contributed by atoms with Crippen molar-refractivity contribution in [2.75, 3.05) is 0 Å². The molecule has 0 unspecified atom stereocenters. The first-order chi connectivity index (χ1) is 13.6. The van der Waals surface area contributed by atoms with E-state index in [0.29, 0.717) is 5.78 Å². The number of ketones is 1. The van der Waals surface area contributed by atoms with Gasteiger partial charge < -0.3 is 0 Å². The minimum atomic E-state index is -2.22. The Kier molecular flexibility index (Phi) is 6.70. The van der Waals surface area contributed by atoms with E-state index in [4.69, 9.17) is 0 Å². The second-order valence-electron chi connectivity index (χ2n) is 7.39. The van der Waals surface area contributed by atoms with E-state index in [1.165, 1.54) is 15.9 Å². The second kappa shape index (κ2) is 9.22. The highest BCUT2D eigenvalue weighted by Gasteiger charge is 2.32. The van der Waals surface area contributed by atoms with Crippen molar-refractivity contribution in [2.24, 2.45) is 5.92 Å². The zero-order valence-electron chi connectivity index (χ0n) is 17.0. The SMILES string of the molecule is CCCC(C(=O)C(C)C)=P(c1ccccc1)(c1ccccc1)c1ccccc1. The lowest BCUT2D eigenvalue weighted by atomic mass is 10.0. The van der Waals surface area contributed by atoms with E-state index >= 15 is 0 Å². The molecule has 0 saturated heterocycles. The number of Topliss-reactive ketones (excluding diaryl/α,β-unsaturated/α-hetero) is 1. The van der Waals surface area contributed by atoms with Crippen LogP contribution in [0.4, 0.5) is 0 Å². The van der Waals surface area contributed by atoms with Gasteiger partial charge in [-0.1, -0.05) is 118 Å². The highest BCUT2D eigenvalue weighted by molar-refractivity contribution is 7.96. The average Bonchev–Trinajstić information content (AvgIpc) is 2.75. The predicted molar refractivity (Wildman–Crippen MR) is 125 cm³/mol. The van der Waals surface area contributed by atoms with Crippen molar-refractivity contribution in [3.8, 4) is 0 Å². The number of hydrogen-bond acceptors (Lipinski definition) is 1. The first-order valence-electron chi connectivity index (χ1n) is 10.1. The Morgan fingerprint density at radius 3 is 1.36 bits per heavy atom. The lowest BCUT2D eigenvalue weighted by Crippen LogP contribution is -2.35. The predicted octanol–water partition coefficient (Wildman–Crippen LogP) is 5.18. The molecule has 3 rings (SSSR count). The summed E-state index contributed by atoms with van der Waals surface area (Å²) in [5.41, 5.74) is 0. The standard InChI is InChI=1S/C26H29OP/c1-4-14-25(26(27)21(2)3)28(22-15-8-5-9-16-22,23-17-10-6-11-18-23)24-19-12-7-13-20-24/h5-13,15-21H,4,14H2,1-3H3. The van der Waals surface area contributed by atoms with Gasteiger partial charge in [-0.3, -0.25) is 4.79 Å². The van der Waals surface area contributed by atoms with Crippen LogP contribution < -0.4 is 15.9 Å². The summed E-state index contributed by atoms with van der Waals surface area (Å²) >= 11 is 0. The normalized spacial score (nSPS) is 11.4. The molecule has 1 nitrogen and oxygen atoms in total. The van der Waals surface area contributed by atoms with Crippen molar-refractivity contribution in [2.45, 2.75) is 33.6 Å². The van der Waals surface area contributed by atoms with Crippen molar-refractivity contribution in [3.63, 3.8) is 0 Å². The van der Waals surface area contributed by atoms with Crippen LogP contribution in [0.3, 0.4) is 0 Å². The summed E-state index contributed by atoms with van der Waals surface area (Å²) in [6, 6.07) is 32.0. The van der Waals surface area contributed by atoms with Gasteiger partial charge in [0.2, 0.25) is 0 Å². The molecule has 144 valence electrons. The van der Waals surface area contributed by atoms with Crippen molar-refractivity contribution in [1.29, 1.82) is 0 Å². The van der Waals surface area contributed by atoms with Crippen LogP contribution in [0.1, 0.15) is 33.6 Å². The summed E-state index contributed by atoms with van der Waals surface area (Å²) in [6.07, 6.45) is 1.78. The maximum Gasteiger partial charge on any atom is 0.162 e. The first-order valence-corrected chi connectivity index (χ1v) is 11.9. The molecule has 3 aromatic rings. The van der Waals surface area contributed by atoms with Crippen LogP contribution in [0.5, 0.6) is 0 Å². The molecule has 0 heterocycles. The molecule has 2 heteroatoms. The summed E-state index contributed by atoms with van der Waals surface area (Å²) in [5, 5.41) is 4.85. The van der Waals surface area contributed by atoms with Gasteiger partial charge in [-0.15, -0.1) is 0 Å². The largest absolute Gasteiger partial charge is 0.294 e. The highest BCUT2D eigenvalue weighted by atomic mass is 31.2. The average molecular weight is 388 g/mol. The van der Waals surface area contributed by atoms with Crippen LogP contribution in [0.25, 0.3) is 0 Å². The van der Waals surface area contributed by atoms with Crippen molar-refractivity contribution in [1.82, 2.24) is 0 Å². The summed E-state index contributed by atoms with van der Waals surface area (Å²) in [7, 11) is 0. The minimum Gasteiger partial charge on any atom is -0.294 e. The van der Waals surface area contributed by atoms with Gasteiger partial charge in [0.1, 0.15) is 0 Å². The number of carbonyl (C=O) groups excluding carboxylic acids is 1. The van der Waals surface area contributed by atoms with Crippen LogP contribution in [0.2, 0.25) is 0 Å². The fourth-order valence-corrected chi connectivity index (χ4v) is 8.73. The van der Waals surface area contributed by atoms with Crippen molar-refractivity contribution in [3.05, 3.63) is 91.0 Å². The van der Waals surface area contributed by atoms with Crippen LogP contribution in [-0.4, -0.2) is 11.1 Å². The van der Waals surface area contributed by atoms with Crippen LogP contribution in [0, 0.1) is 5.92 Å². The fourth-order valence-electron chi connectivity index (χ4n) is 3.90. The van der Waals surface area contributed by atoms with Gasteiger partial charge >= 0.3 is 0 Å².